The van der Waals surface area contributed by atoms with Gasteiger partial charge in [0.15, 0.2) is 0 Å². The molecule has 0 aliphatic carbocycles. The summed E-state index contributed by atoms with van der Waals surface area (Å²) < 4.78 is 5.34. The first-order valence-electron chi connectivity index (χ1n) is 10.3. The van der Waals surface area contributed by atoms with Crippen LogP contribution in [-0.4, -0.2) is 53.7 Å². The van der Waals surface area contributed by atoms with Crippen LogP contribution in [0.3, 0.4) is 0 Å². The van der Waals surface area contributed by atoms with E-state index in [1.807, 2.05) is 27.7 Å². The van der Waals surface area contributed by atoms with Crippen LogP contribution in [0.2, 0.25) is 0 Å². The normalized spacial score (nSPS) is 22.7. The Morgan fingerprint density at radius 3 is 2.63 bits per heavy atom. The highest BCUT2D eigenvalue weighted by Gasteiger charge is 2.28. The summed E-state index contributed by atoms with van der Waals surface area (Å²) >= 11 is 0. The van der Waals surface area contributed by atoms with Gasteiger partial charge in [0.25, 0.3) is 0 Å². The molecule has 2 heterocycles. The van der Waals surface area contributed by atoms with Gasteiger partial charge >= 0.3 is 6.09 Å². The summed E-state index contributed by atoms with van der Waals surface area (Å²) in [7, 11) is 0. The third-order valence-electron chi connectivity index (χ3n) is 5.54. The summed E-state index contributed by atoms with van der Waals surface area (Å²) in [6.07, 6.45) is 3.73. The van der Waals surface area contributed by atoms with Crippen molar-refractivity contribution in [1.29, 1.82) is 0 Å². The highest BCUT2D eigenvalue weighted by atomic mass is 16.6. The maximum Gasteiger partial charge on any atom is 0.408 e. The molecule has 2 aliphatic heterocycles. The molecule has 2 fully saturated rings. The lowest BCUT2D eigenvalue weighted by atomic mass is 9.99. The van der Waals surface area contributed by atoms with Crippen molar-refractivity contribution in [2.75, 3.05) is 26.2 Å². The van der Waals surface area contributed by atoms with E-state index in [0.717, 1.165) is 24.7 Å². The van der Waals surface area contributed by atoms with E-state index in [9.17, 15) is 4.79 Å². The Bertz CT molecular complexity index is 623. The van der Waals surface area contributed by atoms with Gasteiger partial charge in [0.05, 0.1) is 6.04 Å². The monoisotopic (exact) mass is 373 g/mol. The fraction of sp³-hybridized carbons (Fsp3) is 0.682. The minimum Gasteiger partial charge on any atom is -0.444 e. The van der Waals surface area contributed by atoms with Crippen LogP contribution in [0.15, 0.2) is 24.3 Å². The number of nitrogens with one attached hydrogen (secondary N) is 1. The standard InChI is InChI=1S/C22H35N3O2/c1-17(23-21(26)27-22(2,3)4)19-10-8-18(9-11-19)15-24-13-14-25-12-6-5-7-20(25)16-24/h8-11,17,20H,5-7,12-16H2,1-4H3,(H,23,26). The molecule has 0 aromatic heterocycles. The molecular weight excluding hydrogens is 338 g/mol. The van der Waals surface area contributed by atoms with E-state index in [0.29, 0.717) is 0 Å². The largest absolute Gasteiger partial charge is 0.444 e. The molecule has 5 heteroatoms. The van der Waals surface area contributed by atoms with Gasteiger partial charge in [-0.15, -0.1) is 0 Å². The maximum absolute atomic E-state index is 11.9. The highest BCUT2D eigenvalue weighted by Crippen LogP contribution is 2.22. The zero-order valence-electron chi connectivity index (χ0n) is 17.3. The minimum absolute atomic E-state index is 0.0697. The van der Waals surface area contributed by atoms with E-state index in [1.165, 1.54) is 44.5 Å². The Labute approximate surface area is 164 Å². The Morgan fingerprint density at radius 2 is 1.93 bits per heavy atom. The third-order valence-corrected chi connectivity index (χ3v) is 5.54. The lowest BCUT2D eigenvalue weighted by molar-refractivity contribution is 0.0457. The topological polar surface area (TPSA) is 44.8 Å². The molecule has 1 amide bonds. The van der Waals surface area contributed by atoms with E-state index in [1.54, 1.807) is 0 Å². The fourth-order valence-corrected chi connectivity index (χ4v) is 4.10. The molecule has 2 unspecified atom stereocenters. The molecule has 3 rings (SSSR count). The van der Waals surface area contributed by atoms with E-state index < -0.39 is 5.60 Å². The van der Waals surface area contributed by atoms with E-state index in [2.05, 4.69) is 39.4 Å². The van der Waals surface area contributed by atoms with Crippen molar-refractivity contribution in [3.63, 3.8) is 0 Å². The summed E-state index contributed by atoms with van der Waals surface area (Å²) in [6, 6.07) is 9.30. The number of amides is 1. The summed E-state index contributed by atoms with van der Waals surface area (Å²) in [4.78, 5) is 17.2. The molecule has 1 aromatic rings. The average molecular weight is 374 g/mol. The van der Waals surface area contributed by atoms with Gasteiger partial charge < -0.3 is 10.1 Å². The molecule has 27 heavy (non-hydrogen) atoms. The Hall–Kier alpha value is -1.59. The summed E-state index contributed by atoms with van der Waals surface area (Å²) in [5.41, 5.74) is 1.96. The predicted molar refractivity (Wildman–Crippen MR) is 109 cm³/mol. The average Bonchev–Trinajstić information content (AvgIpc) is 2.60. The second kappa shape index (κ2) is 8.61. The lowest BCUT2D eigenvalue weighted by Crippen LogP contribution is -2.54. The molecule has 150 valence electrons. The molecule has 2 saturated heterocycles. The fourth-order valence-electron chi connectivity index (χ4n) is 4.10. The first-order chi connectivity index (χ1) is 12.8. The number of nitrogens with zero attached hydrogens (tertiary/aromatic N) is 2. The van der Waals surface area contributed by atoms with Gasteiger partial charge in [-0.3, -0.25) is 9.80 Å². The highest BCUT2D eigenvalue weighted by molar-refractivity contribution is 5.68. The van der Waals surface area contributed by atoms with Gasteiger partial charge in [-0.1, -0.05) is 30.7 Å². The lowest BCUT2D eigenvalue weighted by Gasteiger charge is -2.44. The number of ether oxygens (including phenoxy) is 1. The van der Waals surface area contributed by atoms with Crippen LogP contribution in [0.1, 0.15) is 64.1 Å². The molecule has 2 atom stereocenters. The number of benzene rings is 1. The Morgan fingerprint density at radius 1 is 1.19 bits per heavy atom. The smallest absolute Gasteiger partial charge is 0.408 e. The number of alkyl carbamates (subject to hydrolysis) is 1. The second-order valence-corrected chi connectivity index (χ2v) is 9.03. The van der Waals surface area contributed by atoms with Crippen molar-refractivity contribution >= 4 is 6.09 Å². The van der Waals surface area contributed by atoms with E-state index in [-0.39, 0.29) is 12.1 Å². The molecule has 2 aliphatic rings. The van der Waals surface area contributed by atoms with Crippen LogP contribution in [0.5, 0.6) is 0 Å². The maximum atomic E-state index is 11.9. The Balaban J connectivity index is 1.50. The molecule has 0 radical (unpaired) electrons. The number of piperidine rings is 1. The molecule has 0 bridgehead atoms. The number of rotatable bonds is 4. The van der Waals surface area contributed by atoms with Crippen molar-refractivity contribution in [2.45, 2.75) is 71.2 Å². The van der Waals surface area contributed by atoms with Crippen molar-refractivity contribution in [3.8, 4) is 0 Å². The molecule has 1 N–H and O–H groups in total. The minimum atomic E-state index is -0.476. The molecular formula is C22H35N3O2. The molecule has 5 nitrogen and oxygen atoms in total. The van der Waals surface area contributed by atoms with Crippen LogP contribution in [-0.2, 0) is 11.3 Å². The zero-order valence-corrected chi connectivity index (χ0v) is 17.3. The zero-order chi connectivity index (χ0) is 19.4. The summed E-state index contributed by atoms with van der Waals surface area (Å²) in [5.74, 6) is 0. The SMILES string of the molecule is CC(NC(=O)OC(C)(C)C)c1ccc(CN2CCN3CCCCC3C2)cc1. The number of piperazine rings is 1. The molecule has 0 saturated carbocycles. The summed E-state index contributed by atoms with van der Waals surface area (Å²) in [5, 5.41) is 2.91. The molecule has 0 spiro atoms. The number of carbonyl (C=O) groups excluding carboxylic acids is 1. The van der Waals surface area contributed by atoms with Gasteiger partial charge in [-0.05, 0) is 58.2 Å². The van der Waals surface area contributed by atoms with E-state index >= 15 is 0 Å². The second-order valence-electron chi connectivity index (χ2n) is 9.03. The van der Waals surface area contributed by atoms with Crippen LogP contribution >= 0.6 is 0 Å². The van der Waals surface area contributed by atoms with Gasteiger partial charge in [0.1, 0.15) is 5.60 Å². The molecule has 1 aromatic carbocycles. The van der Waals surface area contributed by atoms with Crippen molar-refractivity contribution < 1.29 is 9.53 Å². The summed E-state index contributed by atoms with van der Waals surface area (Å²) in [6.45, 7) is 13.5. The van der Waals surface area contributed by atoms with Crippen LogP contribution in [0, 0.1) is 0 Å². The van der Waals surface area contributed by atoms with Gasteiger partial charge in [0, 0.05) is 32.2 Å². The van der Waals surface area contributed by atoms with Crippen LogP contribution in [0.4, 0.5) is 4.79 Å². The number of hydrogen-bond acceptors (Lipinski definition) is 4. The van der Waals surface area contributed by atoms with Crippen molar-refractivity contribution in [1.82, 2.24) is 15.1 Å². The predicted octanol–water partition coefficient (Wildman–Crippen LogP) is 3.94. The van der Waals surface area contributed by atoms with E-state index in [4.69, 9.17) is 4.74 Å². The van der Waals surface area contributed by atoms with Gasteiger partial charge in [-0.2, -0.15) is 0 Å². The van der Waals surface area contributed by atoms with Crippen molar-refractivity contribution in [2.24, 2.45) is 0 Å². The quantitative estimate of drug-likeness (QED) is 0.868. The van der Waals surface area contributed by atoms with Crippen LogP contribution < -0.4 is 5.32 Å². The van der Waals surface area contributed by atoms with Crippen LogP contribution in [0.25, 0.3) is 0 Å². The van der Waals surface area contributed by atoms with Gasteiger partial charge in [0.2, 0.25) is 0 Å². The Kier molecular flexibility index (Phi) is 6.43. The van der Waals surface area contributed by atoms with Gasteiger partial charge in [-0.25, -0.2) is 4.79 Å². The van der Waals surface area contributed by atoms with Crippen molar-refractivity contribution in [3.05, 3.63) is 35.4 Å². The number of carbonyl (C=O) groups is 1. The number of fused-ring (bicyclic) bond motifs is 1. The number of hydrogen-bond donors (Lipinski definition) is 1. The third kappa shape index (κ3) is 5.94. The first-order valence-corrected chi connectivity index (χ1v) is 10.3. The first kappa shape index (κ1) is 20.2.